The van der Waals surface area contributed by atoms with Crippen LogP contribution in [-0.2, 0) is 10.0 Å². The number of carbonyl (C=O) groups is 1. The molecule has 1 aliphatic heterocycles. The summed E-state index contributed by atoms with van der Waals surface area (Å²) in [7, 11) is -3.46. The Hall–Kier alpha value is -1.70. The lowest BCUT2D eigenvalue weighted by Gasteiger charge is -2.32. The predicted molar refractivity (Wildman–Crippen MR) is 92.4 cm³/mol. The molecule has 2 fully saturated rings. The molecule has 0 unspecified atom stereocenters. The van der Waals surface area contributed by atoms with Gasteiger partial charge in [0.15, 0.2) is 0 Å². The zero-order valence-electron chi connectivity index (χ0n) is 13.0. The molecule has 1 aromatic heterocycles. The van der Waals surface area contributed by atoms with Crippen molar-refractivity contribution in [3.8, 4) is 0 Å². The summed E-state index contributed by atoms with van der Waals surface area (Å²) in [6, 6.07) is 12.2. The van der Waals surface area contributed by atoms with Gasteiger partial charge in [0.1, 0.15) is 4.21 Å². The second-order valence-corrected chi connectivity index (χ2v) is 9.42. The summed E-state index contributed by atoms with van der Waals surface area (Å²) in [5, 5.41) is 4.81. The SMILES string of the molecule is O=C(N[C@H]1C[C@@H]2C[C@H]1N(S(=O)(=O)c1cccs1)C2)c1ccccc1. The van der Waals surface area contributed by atoms with Crippen molar-refractivity contribution in [2.75, 3.05) is 6.54 Å². The number of rotatable bonds is 4. The zero-order valence-corrected chi connectivity index (χ0v) is 14.6. The smallest absolute Gasteiger partial charge is 0.252 e. The van der Waals surface area contributed by atoms with Crippen molar-refractivity contribution in [3.63, 3.8) is 0 Å². The normalized spacial score (nSPS) is 26.6. The van der Waals surface area contributed by atoms with Gasteiger partial charge in [-0.15, -0.1) is 11.3 Å². The number of sulfonamides is 1. The van der Waals surface area contributed by atoms with Crippen LogP contribution in [0.3, 0.4) is 0 Å². The van der Waals surface area contributed by atoms with Crippen LogP contribution in [-0.4, -0.2) is 37.3 Å². The van der Waals surface area contributed by atoms with E-state index in [2.05, 4.69) is 5.32 Å². The summed E-state index contributed by atoms with van der Waals surface area (Å²) < 4.78 is 27.6. The van der Waals surface area contributed by atoms with Gasteiger partial charge in [0, 0.05) is 24.2 Å². The molecule has 0 radical (unpaired) electrons. The van der Waals surface area contributed by atoms with Gasteiger partial charge in [-0.2, -0.15) is 4.31 Å². The van der Waals surface area contributed by atoms with Gasteiger partial charge in [-0.3, -0.25) is 4.79 Å². The third kappa shape index (κ3) is 2.66. The highest BCUT2D eigenvalue weighted by Crippen LogP contribution is 2.41. The van der Waals surface area contributed by atoms with Gasteiger partial charge in [-0.25, -0.2) is 8.42 Å². The fourth-order valence-corrected chi connectivity index (χ4v) is 6.64. The molecule has 2 heterocycles. The molecule has 5 nitrogen and oxygen atoms in total. The molecular formula is C17H18N2O3S2. The molecule has 2 bridgehead atoms. The van der Waals surface area contributed by atoms with Crippen LogP contribution in [0.2, 0.25) is 0 Å². The number of benzene rings is 1. The molecule has 4 rings (SSSR count). The molecule has 0 spiro atoms. The maximum Gasteiger partial charge on any atom is 0.252 e. The van der Waals surface area contributed by atoms with E-state index in [1.165, 1.54) is 11.3 Å². The highest BCUT2D eigenvalue weighted by molar-refractivity contribution is 7.91. The number of thiophene rings is 1. The van der Waals surface area contributed by atoms with E-state index < -0.39 is 10.0 Å². The average molecular weight is 362 g/mol. The first-order valence-electron chi connectivity index (χ1n) is 7.97. The number of piperidine rings is 1. The van der Waals surface area contributed by atoms with Crippen LogP contribution in [0.5, 0.6) is 0 Å². The molecule has 1 N–H and O–H groups in total. The van der Waals surface area contributed by atoms with Crippen LogP contribution in [0.15, 0.2) is 52.1 Å². The fourth-order valence-electron chi connectivity index (χ4n) is 3.77. The summed E-state index contributed by atoms with van der Waals surface area (Å²) in [5.74, 6) is 0.187. The quantitative estimate of drug-likeness (QED) is 0.908. The highest BCUT2D eigenvalue weighted by Gasteiger charge is 2.50. The largest absolute Gasteiger partial charge is 0.348 e. The first-order valence-corrected chi connectivity index (χ1v) is 10.3. The molecule has 1 saturated carbocycles. The van der Waals surface area contributed by atoms with Crippen molar-refractivity contribution in [1.82, 2.24) is 9.62 Å². The molecule has 2 aliphatic rings. The Bertz CT molecular complexity index is 834. The Morgan fingerprint density at radius 3 is 2.58 bits per heavy atom. The van der Waals surface area contributed by atoms with Crippen LogP contribution in [0.4, 0.5) is 0 Å². The molecule has 2 aromatic rings. The first-order chi connectivity index (χ1) is 11.6. The molecule has 126 valence electrons. The van der Waals surface area contributed by atoms with Crippen LogP contribution in [0.1, 0.15) is 23.2 Å². The van der Waals surface area contributed by atoms with E-state index in [1.54, 1.807) is 34.0 Å². The van der Waals surface area contributed by atoms with Crippen molar-refractivity contribution in [3.05, 3.63) is 53.4 Å². The summed E-state index contributed by atoms with van der Waals surface area (Å²) in [6.45, 7) is 0.558. The summed E-state index contributed by atoms with van der Waals surface area (Å²) in [5.41, 5.74) is 0.605. The number of nitrogens with zero attached hydrogens (tertiary/aromatic N) is 1. The molecule has 1 amide bonds. The van der Waals surface area contributed by atoms with Gasteiger partial charge < -0.3 is 5.32 Å². The Kier molecular flexibility index (Phi) is 3.94. The monoisotopic (exact) mass is 362 g/mol. The molecule has 3 atom stereocenters. The maximum absolute atomic E-state index is 12.8. The molecule has 1 aliphatic carbocycles. The van der Waals surface area contributed by atoms with Crippen LogP contribution >= 0.6 is 11.3 Å². The lowest BCUT2D eigenvalue weighted by atomic mass is 10.1. The minimum atomic E-state index is -3.46. The fraction of sp³-hybridized carbons (Fsp3) is 0.353. The van der Waals surface area contributed by atoms with E-state index in [4.69, 9.17) is 0 Å². The number of carbonyl (C=O) groups excluding carboxylic acids is 1. The van der Waals surface area contributed by atoms with E-state index in [1.807, 2.05) is 18.2 Å². The van der Waals surface area contributed by atoms with Crippen molar-refractivity contribution in [2.45, 2.75) is 29.1 Å². The number of fused-ring (bicyclic) bond motifs is 2. The van der Waals surface area contributed by atoms with Crippen molar-refractivity contribution in [1.29, 1.82) is 0 Å². The standard InChI is InChI=1S/C17H18N2O3S2/c20-17(13-5-2-1-3-6-13)18-14-9-12-10-15(14)19(11-12)24(21,22)16-7-4-8-23-16/h1-8,12,14-15H,9-11H2,(H,18,20)/t12-,14+,15-/m1/s1. The third-order valence-corrected chi connectivity index (χ3v) is 8.11. The van der Waals surface area contributed by atoms with Gasteiger partial charge in [0.2, 0.25) is 0 Å². The predicted octanol–water partition coefficient (Wildman–Crippen LogP) is 2.33. The van der Waals surface area contributed by atoms with Crippen molar-refractivity contribution >= 4 is 27.3 Å². The van der Waals surface area contributed by atoms with E-state index in [9.17, 15) is 13.2 Å². The van der Waals surface area contributed by atoms with E-state index in [-0.39, 0.29) is 18.0 Å². The highest BCUT2D eigenvalue weighted by atomic mass is 32.2. The number of amides is 1. The molecule has 24 heavy (non-hydrogen) atoms. The van der Waals surface area contributed by atoms with E-state index in [0.29, 0.717) is 22.2 Å². The Labute approximate surface area is 145 Å². The molecule has 1 aromatic carbocycles. The van der Waals surface area contributed by atoms with Gasteiger partial charge >= 0.3 is 0 Å². The first kappa shape index (κ1) is 15.8. The van der Waals surface area contributed by atoms with Gasteiger partial charge in [-0.1, -0.05) is 24.3 Å². The lowest BCUT2D eigenvalue weighted by Crippen LogP contribution is -2.51. The average Bonchev–Trinajstić information content (AvgIpc) is 3.32. The van der Waals surface area contributed by atoms with Crippen molar-refractivity contribution < 1.29 is 13.2 Å². The second-order valence-electron chi connectivity index (χ2n) is 6.36. The summed E-state index contributed by atoms with van der Waals surface area (Å²) in [6.07, 6.45) is 1.67. The van der Waals surface area contributed by atoms with Crippen molar-refractivity contribution in [2.24, 2.45) is 5.92 Å². The summed E-state index contributed by atoms with van der Waals surface area (Å²) >= 11 is 1.24. The molecule has 7 heteroatoms. The zero-order chi connectivity index (χ0) is 16.7. The van der Waals surface area contributed by atoms with Crippen LogP contribution in [0.25, 0.3) is 0 Å². The van der Waals surface area contributed by atoms with Crippen LogP contribution < -0.4 is 5.32 Å². The van der Waals surface area contributed by atoms with E-state index in [0.717, 1.165) is 12.8 Å². The topological polar surface area (TPSA) is 66.5 Å². The lowest BCUT2D eigenvalue weighted by molar-refractivity contribution is 0.0917. The van der Waals surface area contributed by atoms with Crippen LogP contribution in [0, 0.1) is 5.92 Å². The third-order valence-electron chi connectivity index (χ3n) is 4.85. The Balaban J connectivity index is 1.53. The molecular weight excluding hydrogens is 344 g/mol. The molecule has 1 saturated heterocycles. The minimum absolute atomic E-state index is 0.119. The van der Waals surface area contributed by atoms with E-state index >= 15 is 0 Å². The number of hydrogen-bond acceptors (Lipinski definition) is 4. The van der Waals surface area contributed by atoms with Gasteiger partial charge in [-0.05, 0) is 42.3 Å². The minimum Gasteiger partial charge on any atom is -0.348 e. The van der Waals surface area contributed by atoms with Gasteiger partial charge in [0.05, 0.1) is 0 Å². The Morgan fingerprint density at radius 2 is 1.92 bits per heavy atom. The van der Waals surface area contributed by atoms with Gasteiger partial charge in [0.25, 0.3) is 15.9 Å². The Morgan fingerprint density at radius 1 is 1.12 bits per heavy atom. The summed E-state index contributed by atoms with van der Waals surface area (Å²) in [4.78, 5) is 12.4. The number of nitrogens with one attached hydrogen (secondary N) is 1. The maximum atomic E-state index is 12.8. The second kappa shape index (κ2) is 5.98. The number of hydrogen-bond donors (Lipinski definition) is 1.